The Morgan fingerprint density at radius 3 is 2.72 bits per heavy atom. The molecule has 2 bridgehead atoms. The molecule has 8 nitrogen and oxygen atoms in total. The van der Waals surface area contributed by atoms with Crippen LogP contribution < -0.4 is 0 Å². The van der Waals surface area contributed by atoms with E-state index >= 15 is 0 Å². The van der Waals surface area contributed by atoms with Crippen molar-refractivity contribution in [3.63, 3.8) is 0 Å². The van der Waals surface area contributed by atoms with Crippen molar-refractivity contribution in [2.24, 2.45) is 17.8 Å². The SMILES string of the molecule is CCCn1c(COC(=O)C2CC3CCC2C3)nc2cc(S(=O)(=O)N3CCOCC3)ccc21. The van der Waals surface area contributed by atoms with Gasteiger partial charge in [0.2, 0.25) is 10.0 Å². The highest BCUT2D eigenvalue weighted by Gasteiger charge is 2.44. The van der Waals surface area contributed by atoms with Gasteiger partial charge < -0.3 is 14.0 Å². The smallest absolute Gasteiger partial charge is 0.309 e. The molecule has 9 heteroatoms. The number of imidazole rings is 1. The third kappa shape index (κ3) is 3.95. The molecule has 2 aromatic rings. The predicted molar refractivity (Wildman–Crippen MR) is 118 cm³/mol. The molecule has 32 heavy (non-hydrogen) atoms. The highest BCUT2D eigenvalue weighted by atomic mass is 32.2. The lowest BCUT2D eigenvalue weighted by molar-refractivity contribution is -0.152. The van der Waals surface area contributed by atoms with E-state index in [4.69, 9.17) is 9.47 Å². The molecule has 3 aliphatic rings. The van der Waals surface area contributed by atoms with Crippen LogP contribution in [0.4, 0.5) is 0 Å². The summed E-state index contributed by atoms with van der Waals surface area (Å²) in [6.45, 7) is 4.45. The van der Waals surface area contributed by atoms with Crippen molar-refractivity contribution in [3.8, 4) is 0 Å². The fourth-order valence-corrected chi connectivity index (χ4v) is 7.04. The second kappa shape index (κ2) is 8.76. The Balaban J connectivity index is 1.37. The van der Waals surface area contributed by atoms with Crippen LogP contribution in [0, 0.1) is 17.8 Å². The molecule has 0 radical (unpaired) electrons. The lowest BCUT2D eigenvalue weighted by atomic mass is 9.89. The largest absolute Gasteiger partial charge is 0.457 e. The van der Waals surface area contributed by atoms with Crippen molar-refractivity contribution < 1.29 is 22.7 Å². The minimum Gasteiger partial charge on any atom is -0.457 e. The Hall–Kier alpha value is -1.97. The van der Waals surface area contributed by atoms with E-state index in [1.807, 2.05) is 10.6 Å². The van der Waals surface area contributed by atoms with Crippen LogP contribution >= 0.6 is 0 Å². The Labute approximate surface area is 188 Å². The van der Waals surface area contributed by atoms with Crippen LogP contribution in [-0.2, 0) is 37.4 Å². The average Bonchev–Trinajstić information content (AvgIpc) is 3.53. The maximum absolute atomic E-state index is 13.0. The number of morpholine rings is 1. The van der Waals surface area contributed by atoms with Crippen molar-refractivity contribution in [3.05, 3.63) is 24.0 Å². The average molecular weight is 462 g/mol. The van der Waals surface area contributed by atoms with Gasteiger partial charge in [-0.25, -0.2) is 13.4 Å². The van der Waals surface area contributed by atoms with E-state index < -0.39 is 10.0 Å². The van der Waals surface area contributed by atoms with E-state index in [2.05, 4.69) is 11.9 Å². The molecule has 2 saturated carbocycles. The Morgan fingerprint density at radius 2 is 2.03 bits per heavy atom. The van der Waals surface area contributed by atoms with Gasteiger partial charge in [-0.3, -0.25) is 4.79 Å². The zero-order chi connectivity index (χ0) is 22.3. The number of fused-ring (bicyclic) bond motifs is 3. The van der Waals surface area contributed by atoms with E-state index in [0.717, 1.165) is 37.7 Å². The lowest BCUT2D eigenvalue weighted by Gasteiger charge is -2.26. The van der Waals surface area contributed by atoms with Crippen LogP contribution in [0.5, 0.6) is 0 Å². The summed E-state index contributed by atoms with van der Waals surface area (Å²) >= 11 is 0. The Kier molecular flexibility index (Phi) is 5.98. The zero-order valence-electron chi connectivity index (χ0n) is 18.5. The summed E-state index contributed by atoms with van der Waals surface area (Å²) in [6.07, 6.45) is 5.40. The van der Waals surface area contributed by atoms with Crippen LogP contribution in [0.15, 0.2) is 23.1 Å². The van der Waals surface area contributed by atoms with Crippen LogP contribution in [0.2, 0.25) is 0 Å². The Morgan fingerprint density at radius 1 is 1.22 bits per heavy atom. The highest BCUT2D eigenvalue weighted by Crippen LogP contribution is 2.48. The number of aryl methyl sites for hydroxylation is 1. The maximum Gasteiger partial charge on any atom is 0.309 e. The number of rotatable bonds is 7. The fraction of sp³-hybridized carbons (Fsp3) is 0.652. The van der Waals surface area contributed by atoms with E-state index in [0.29, 0.717) is 49.5 Å². The van der Waals surface area contributed by atoms with Gasteiger partial charge in [-0.2, -0.15) is 4.31 Å². The molecule has 0 spiro atoms. The predicted octanol–water partition coefficient (Wildman–Crippen LogP) is 2.95. The molecule has 1 aromatic heterocycles. The van der Waals surface area contributed by atoms with Crippen molar-refractivity contribution >= 4 is 27.0 Å². The number of sulfonamides is 1. The minimum atomic E-state index is -3.59. The minimum absolute atomic E-state index is 0.0306. The van der Waals surface area contributed by atoms with Crippen LogP contribution in [0.3, 0.4) is 0 Å². The third-order valence-electron chi connectivity index (χ3n) is 7.24. The molecule has 2 heterocycles. The summed E-state index contributed by atoms with van der Waals surface area (Å²) in [5.41, 5.74) is 1.47. The zero-order valence-corrected chi connectivity index (χ0v) is 19.3. The van der Waals surface area contributed by atoms with Gasteiger partial charge in [0.1, 0.15) is 12.4 Å². The summed E-state index contributed by atoms with van der Waals surface area (Å²) in [7, 11) is -3.59. The van der Waals surface area contributed by atoms with Gasteiger partial charge >= 0.3 is 5.97 Å². The normalized spacial score (nSPS) is 26.1. The Bertz CT molecular complexity index is 1110. The van der Waals surface area contributed by atoms with Gasteiger partial charge in [0.25, 0.3) is 0 Å². The first-order valence-electron chi connectivity index (χ1n) is 11.7. The van der Waals surface area contributed by atoms with E-state index in [1.54, 1.807) is 12.1 Å². The van der Waals surface area contributed by atoms with E-state index in [1.165, 1.54) is 10.7 Å². The summed E-state index contributed by atoms with van der Waals surface area (Å²) in [4.78, 5) is 17.6. The molecule has 3 unspecified atom stereocenters. The van der Waals surface area contributed by atoms with Gasteiger partial charge in [-0.1, -0.05) is 13.3 Å². The number of hydrogen-bond donors (Lipinski definition) is 0. The number of ether oxygens (including phenoxy) is 2. The monoisotopic (exact) mass is 461 g/mol. The summed E-state index contributed by atoms with van der Waals surface area (Å²) < 4.78 is 40.6. The fourth-order valence-electron chi connectivity index (χ4n) is 5.62. The quantitative estimate of drug-likeness (QED) is 0.589. The highest BCUT2D eigenvalue weighted by molar-refractivity contribution is 7.89. The van der Waals surface area contributed by atoms with Gasteiger partial charge in [0.15, 0.2) is 0 Å². The maximum atomic E-state index is 13.0. The summed E-state index contributed by atoms with van der Waals surface area (Å²) in [5.74, 6) is 1.76. The number of nitrogens with zero attached hydrogens (tertiary/aromatic N) is 3. The molecule has 5 rings (SSSR count). The number of carbonyl (C=O) groups excluding carboxylic acids is 1. The van der Waals surface area contributed by atoms with Crippen molar-refractivity contribution in [1.82, 2.24) is 13.9 Å². The molecule has 2 aliphatic carbocycles. The number of carbonyl (C=O) groups is 1. The number of aromatic nitrogens is 2. The van der Waals surface area contributed by atoms with Gasteiger partial charge in [0.05, 0.1) is 35.1 Å². The number of benzene rings is 1. The molecule has 0 amide bonds. The van der Waals surface area contributed by atoms with Gasteiger partial charge in [-0.15, -0.1) is 0 Å². The molecule has 0 N–H and O–H groups in total. The van der Waals surface area contributed by atoms with Crippen LogP contribution in [-0.4, -0.2) is 54.5 Å². The topological polar surface area (TPSA) is 90.7 Å². The first-order chi connectivity index (χ1) is 15.5. The van der Waals surface area contributed by atoms with E-state index in [-0.39, 0.29) is 23.4 Å². The molecule has 1 aromatic carbocycles. The molecule has 3 fully saturated rings. The molecule has 3 atom stereocenters. The lowest BCUT2D eigenvalue weighted by Crippen LogP contribution is -2.40. The molecular weight excluding hydrogens is 430 g/mol. The van der Waals surface area contributed by atoms with Gasteiger partial charge in [0, 0.05) is 19.6 Å². The van der Waals surface area contributed by atoms with Crippen LogP contribution in [0.1, 0.15) is 44.9 Å². The molecule has 1 aliphatic heterocycles. The van der Waals surface area contributed by atoms with Crippen LogP contribution in [0.25, 0.3) is 11.0 Å². The number of hydrogen-bond acceptors (Lipinski definition) is 6. The second-order valence-corrected chi connectivity index (χ2v) is 11.2. The van der Waals surface area contributed by atoms with Crippen molar-refractivity contribution in [2.75, 3.05) is 26.3 Å². The van der Waals surface area contributed by atoms with Crippen molar-refractivity contribution in [1.29, 1.82) is 0 Å². The van der Waals surface area contributed by atoms with E-state index in [9.17, 15) is 13.2 Å². The van der Waals surface area contributed by atoms with Gasteiger partial charge in [-0.05, 0) is 55.7 Å². The first kappa shape index (κ1) is 21.9. The summed E-state index contributed by atoms with van der Waals surface area (Å²) in [5, 5.41) is 0. The standard InChI is InChI=1S/C23H31N3O5S/c1-2-7-26-21-6-5-18(32(28,29)25-8-10-30-11-9-25)14-20(21)24-22(26)15-31-23(27)19-13-16-3-4-17(19)12-16/h5-6,14,16-17,19H,2-4,7-13,15H2,1H3. The second-order valence-electron chi connectivity index (χ2n) is 9.24. The first-order valence-corrected chi connectivity index (χ1v) is 13.1. The molecule has 174 valence electrons. The van der Waals surface area contributed by atoms with Crippen molar-refractivity contribution in [2.45, 2.75) is 57.1 Å². The third-order valence-corrected chi connectivity index (χ3v) is 9.13. The molecule has 1 saturated heterocycles. The summed E-state index contributed by atoms with van der Waals surface area (Å²) in [6, 6.07) is 5.09. The number of esters is 1. The molecular formula is C23H31N3O5S.